The Hall–Kier alpha value is -1.66. The topological polar surface area (TPSA) is 95.9 Å². The summed E-state index contributed by atoms with van der Waals surface area (Å²) in [5.74, 6) is -0.0102. The average Bonchev–Trinajstić information content (AvgIpc) is 3.50. The molecule has 498 valence electrons. The van der Waals surface area contributed by atoms with Crippen LogP contribution in [0.3, 0.4) is 0 Å². The molecule has 2 unspecified atom stereocenters. The summed E-state index contributed by atoms with van der Waals surface area (Å²) in [5, 5.41) is 23.4. The highest BCUT2D eigenvalue weighted by Crippen LogP contribution is 2.20. The smallest absolute Gasteiger partial charge is 0.305 e. The molecule has 0 aromatic rings. The van der Waals surface area contributed by atoms with Gasteiger partial charge in [0.1, 0.15) is 0 Å². The maximum Gasteiger partial charge on any atom is 0.305 e. The molecule has 0 heterocycles. The molecular formula is C78H151NO5. The third-order valence-corrected chi connectivity index (χ3v) is 18.3. The number of ether oxygens (including phenoxy) is 1. The van der Waals surface area contributed by atoms with Gasteiger partial charge in [0, 0.05) is 12.8 Å². The van der Waals surface area contributed by atoms with Crippen molar-refractivity contribution in [1.29, 1.82) is 0 Å². The summed E-state index contributed by atoms with van der Waals surface area (Å²) in [6.45, 7) is 5.00. The van der Waals surface area contributed by atoms with E-state index >= 15 is 0 Å². The first-order valence-corrected chi connectivity index (χ1v) is 38.6. The Morgan fingerprint density at radius 1 is 0.333 bits per heavy atom. The number of unbranched alkanes of at least 4 members (excludes halogenated alkanes) is 58. The normalized spacial score (nSPS) is 12.6. The summed E-state index contributed by atoms with van der Waals surface area (Å²) in [7, 11) is 0. The lowest BCUT2D eigenvalue weighted by atomic mass is 10.0. The van der Waals surface area contributed by atoms with Gasteiger partial charge in [-0.05, 0) is 57.8 Å². The third kappa shape index (κ3) is 69.4. The minimum Gasteiger partial charge on any atom is -0.466 e. The maximum atomic E-state index is 12.6. The lowest BCUT2D eigenvalue weighted by Gasteiger charge is -2.22. The predicted octanol–water partition coefficient (Wildman–Crippen LogP) is 25.3. The zero-order valence-corrected chi connectivity index (χ0v) is 57.2. The van der Waals surface area contributed by atoms with Gasteiger partial charge < -0.3 is 20.3 Å². The minimum atomic E-state index is -0.663. The van der Waals surface area contributed by atoms with Crippen molar-refractivity contribution in [2.45, 2.75) is 450 Å². The number of aliphatic hydroxyl groups excluding tert-OH is 2. The Balaban J connectivity index is 3.37. The van der Waals surface area contributed by atoms with Crippen LogP contribution in [0.5, 0.6) is 0 Å². The average molecular weight is 1180 g/mol. The molecule has 3 N–H and O–H groups in total. The first-order valence-electron chi connectivity index (χ1n) is 38.6. The van der Waals surface area contributed by atoms with Crippen LogP contribution in [0.25, 0.3) is 0 Å². The molecular weight excluding hydrogens is 1030 g/mol. The van der Waals surface area contributed by atoms with E-state index in [1.807, 2.05) is 0 Å². The van der Waals surface area contributed by atoms with Gasteiger partial charge in [0.2, 0.25) is 5.91 Å². The number of aliphatic hydroxyl groups is 2. The molecule has 0 spiro atoms. The van der Waals surface area contributed by atoms with Crippen LogP contribution in [-0.4, -0.2) is 47.4 Å². The van der Waals surface area contributed by atoms with Crippen LogP contribution >= 0.6 is 0 Å². The number of rotatable bonds is 73. The number of nitrogens with one attached hydrogen (secondary N) is 1. The fourth-order valence-corrected chi connectivity index (χ4v) is 12.4. The number of carbonyl (C=O) groups is 2. The van der Waals surface area contributed by atoms with E-state index in [1.165, 1.54) is 360 Å². The Bertz CT molecular complexity index is 1320. The van der Waals surface area contributed by atoms with Gasteiger partial charge in [-0.2, -0.15) is 0 Å². The van der Waals surface area contributed by atoms with Gasteiger partial charge in [0.25, 0.3) is 0 Å². The van der Waals surface area contributed by atoms with E-state index in [0.29, 0.717) is 25.9 Å². The molecule has 6 nitrogen and oxygen atoms in total. The van der Waals surface area contributed by atoms with Crippen molar-refractivity contribution < 1.29 is 24.5 Å². The Morgan fingerprint density at radius 2 is 0.595 bits per heavy atom. The van der Waals surface area contributed by atoms with Gasteiger partial charge >= 0.3 is 5.97 Å². The van der Waals surface area contributed by atoms with Gasteiger partial charge in [-0.3, -0.25) is 9.59 Å². The van der Waals surface area contributed by atoms with Crippen molar-refractivity contribution in [3.8, 4) is 0 Å². The van der Waals surface area contributed by atoms with Crippen LogP contribution in [0.1, 0.15) is 438 Å². The quantitative estimate of drug-likeness (QED) is 0.0320. The van der Waals surface area contributed by atoms with E-state index in [-0.39, 0.29) is 18.5 Å². The fourth-order valence-electron chi connectivity index (χ4n) is 12.4. The number of amides is 1. The molecule has 0 saturated carbocycles. The van der Waals surface area contributed by atoms with Crippen LogP contribution in [0.15, 0.2) is 24.3 Å². The molecule has 0 radical (unpaired) electrons. The number of hydrogen-bond donors (Lipinski definition) is 3. The van der Waals surface area contributed by atoms with Gasteiger partial charge in [-0.15, -0.1) is 0 Å². The maximum absolute atomic E-state index is 12.6. The molecule has 0 saturated heterocycles. The first kappa shape index (κ1) is 82.3. The van der Waals surface area contributed by atoms with Gasteiger partial charge in [-0.1, -0.05) is 391 Å². The minimum absolute atomic E-state index is 0.0173. The van der Waals surface area contributed by atoms with Gasteiger partial charge in [-0.25, -0.2) is 0 Å². The zero-order chi connectivity index (χ0) is 60.6. The highest BCUT2D eigenvalue weighted by atomic mass is 16.5. The lowest BCUT2D eigenvalue weighted by Crippen LogP contribution is -2.45. The van der Waals surface area contributed by atoms with Crippen molar-refractivity contribution in [3.63, 3.8) is 0 Å². The number of esters is 1. The van der Waals surface area contributed by atoms with E-state index in [0.717, 1.165) is 44.9 Å². The molecule has 0 aliphatic heterocycles. The second kappa shape index (κ2) is 73.8. The molecule has 0 aliphatic carbocycles. The third-order valence-electron chi connectivity index (χ3n) is 18.3. The molecule has 2 atom stereocenters. The van der Waals surface area contributed by atoms with Crippen LogP contribution in [-0.2, 0) is 14.3 Å². The zero-order valence-electron chi connectivity index (χ0n) is 57.2. The fraction of sp³-hybridized carbons (Fsp3) is 0.923. The largest absolute Gasteiger partial charge is 0.466 e. The predicted molar refractivity (Wildman–Crippen MR) is 370 cm³/mol. The van der Waals surface area contributed by atoms with Crippen molar-refractivity contribution in [2.24, 2.45) is 0 Å². The van der Waals surface area contributed by atoms with E-state index in [9.17, 15) is 19.8 Å². The highest BCUT2D eigenvalue weighted by Gasteiger charge is 2.20. The van der Waals surface area contributed by atoms with E-state index in [4.69, 9.17) is 4.74 Å². The van der Waals surface area contributed by atoms with Gasteiger partial charge in [0.05, 0.1) is 25.4 Å². The van der Waals surface area contributed by atoms with Crippen molar-refractivity contribution >= 4 is 11.9 Å². The molecule has 0 aliphatic rings. The SMILES string of the molecule is CCCCCCCCCCCCCCCCCCCCCCCC(O)C(CO)NC(=O)CCCCCCCCCCCCCCCCCCC/C=C\C/C=C\CCCCCCCCCCCCCOC(=O)CCCCCCCCCCCCC. The molecule has 0 aromatic carbocycles. The molecule has 0 rings (SSSR count). The number of hydrogen-bond acceptors (Lipinski definition) is 5. The molecule has 84 heavy (non-hydrogen) atoms. The molecule has 0 fully saturated rings. The summed E-state index contributed by atoms with van der Waals surface area (Å²) in [4.78, 5) is 24.6. The second-order valence-electron chi connectivity index (χ2n) is 26.7. The van der Waals surface area contributed by atoms with Crippen LogP contribution in [0.4, 0.5) is 0 Å². The summed E-state index contributed by atoms with van der Waals surface area (Å²) >= 11 is 0. The van der Waals surface area contributed by atoms with Crippen LogP contribution in [0, 0.1) is 0 Å². The standard InChI is InChI=1S/C78H151NO5/c1-3-5-7-9-11-13-15-16-17-18-19-35-38-41-44-47-51-54-58-62-66-70-76(81)75(74-80)79-77(82)71-67-63-59-55-52-48-45-42-39-36-33-31-29-27-25-23-21-20-22-24-26-28-30-32-34-37-40-43-46-49-53-57-61-65-69-73-84-78(83)72-68-64-60-56-50-14-12-10-8-6-4-2/h22,24,28,30,75-76,80-81H,3-21,23,25-27,29,31-74H2,1-2H3,(H,79,82)/b24-22-,30-28-. The summed E-state index contributed by atoms with van der Waals surface area (Å²) in [6.07, 6.45) is 94.1. The summed E-state index contributed by atoms with van der Waals surface area (Å²) < 4.78 is 5.48. The second-order valence-corrected chi connectivity index (χ2v) is 26.7. The van der Waals surface area contributed by atoms with Crippen LogP contribution in [0.2, 0.25) is 0 Å². The monoisotopic (exact) mass is 1180 g/mol. The summed E-state index contributed by atoms with van der Waals surface area (Å²) in [6, 6.07) is -0.540. The van der Waals surface area contributed by atoms with Crippen LogP contribution < -0.4 is 5.32 Å². The highest BCUT2D eigenvalue weighted by molar-refractivity contribution is 5.76. The van der Waals surface area contributed by atoms with E-state index < -0.39 is 12.1 Å². The van der Waals surface area contributed by atoms with Crippen molar-refractivity contribution in [1.82, 2.24) is 5.32 Å². The van der Waals surface area contributed by atoms with Crippen molar-refractivity contribution in [3.05, 3.63) is 24.3 Å². The lowest BCUT2D eigenvalue weighted by molar-refractivity contribution is -0.143. The van der Waals surface area contributed by atoms with Gasteiger partial charge in [0.15, 0.2) is 0 Å². The molecule has 0 aromatic heterocycles. The molecule has 6 heteroatoms. The Kier molecular flexibility index (Phi) is 72.3. The Morgan fingerprint density at radius 3 is 0.905 bits per heavy atom. The first-order chi connectivity index (χ1) is 41.5. The van der Waals surface area contributed by atoms with E-state index in [2.05, 4.69) is 43.5 Å². The van der Waals surface area contributed by atoms with Crippen molar-refractivity contribution in [2.75, 3.05) is 13.2 Å². The summed E-state index contributed by atoms with van der Waals surface area (Å²) in [5.41, 5.74) is 0. The Labute approximate surface area is 526 Å². The van der Waals surface area contributed by atoms with E-state index in [1.54, 1.807) is 0 Å². The molecule has 1 amide bonds. The number of carbonyl (C=O) groups excluding carboxylic acids is 2. The number of allylic oxidation sites excluding steroid dienone is 4. The molecule has 0 bridgehead atoms.